The molecule has 0 aliphatic heterocycles. The zero-order valence-electron chi connectivity index (χ0n) is 11.9. The van der Waals surface area contributed by atoms with Gasteiger partial charge in [0.15, 0.2) is 0 Å². The van der Waals surface area contributed by atoms with Gasteiger partial charge in [0.25, 0.3) is 0 Å². The van der Waals surface area contributed by atoms with Gasteiger partial charge < -0.3 is 10.2 Å². The minimum Gasteiger partial charge on any atom is -0.481 e. The summed E-state index contributed by atoms with van der Waals surface area (Å²) in [5.41, 5.74) is 1.25. The Kier molecular flexibility index (Phi) is 6.18. The van der Waals surface area contributed by atoms with Crippen molar-refractivity contribution >= 4 is 11.9 Å². The van der Waals surface area contributed by atoms with Gasteiger partial charge in [-0.2, -0.15) is 0 Å². The van der Waals surface area contributed by atoms with Crippen molar-refractivity contribution in [2.45, 2.75) is 39.3 Å². The van der Waals surface area contributed by atoms with Crippen LogP contribution >= 0.6 is 0 Å². The molecule has 1 aromatic carbocycles. The third-order valence-corrected chi connectivity index (χ3v) is 3.41. The van der Waals surface area contributed by atoms with Gasteiger partial charge in [-0.05, 0) is 31.0 Å². The molecule has 0 amide bonds. The lowest BCUT2D eigenvalue weighted by Crippen LogP contribution is -2.34. The molecule has 5 heteroatoms. The molecular weight excluding hydrogens is 258 g/mol. The van der Waals surface area contributed by atoms with Crippen LogP contribution in [0.2, 0.25) is 0 Å². The maximum Gasteiger partial charge on any atom is 0.335 e. The Balaban J connectivity index is 2.72. The van der Waals surface area contributed by atoms with Gasteiger partial charge in [0, 0.05) is 19.1 Å². The van der Waals surface area contributed by atoms with Crippen LogP contribution in [0.4, 0.5) is 0 Å². The quantitative estimate of drug-likeness (QED) is 0.764. The van der Waals surface area contributed by atoms with E-state index in [4.69, 9.17) is 10.2 Å². The van der Waals surface area contributed by atoms with Crippen molar-refractivity contribution in [3.63, 3.8) is 0 Å². The zero-order chi connectivity index (χ0) is 15.1. The van der Waals surface area contributed by atoms with Crippen LogP contribution in [-0.4, -0.2) is 39.6 Å². The average Bonchev–Trinajstić information content (AvgIpc) is 2.42. The molecule has 0 aliphatic carbocycles. The lowest BCUT2D eigenvalue weighted by Gasteiger charge is -2.28. The fraction of sp³-hybridized carbons (Fsp3) is 0.467. The van der Waals surface area contributed by atoms with Gasteiger partial charge in [0.2, 0.25) is 0 Å². The summed E-state index contributed by atoms with van der Waals surface area (Å²) < 4.78 is 0. The van der Waals surface area contributed by atoms with Crippen molar-refractivity contribution in [1.29, 1.82) is 0 Å². The van der Waals surface area contributed by atoms with Crippen molar-refractivity contribution in [1.82, 2.24) is 4.90 Å². The molecular formula is C15H21NO4. The second-order valence-electron chi connectivity index (χ2n) is 4.87. The lowest BCUT2D eigenvalue weighted by molar-refractivity contribution is -0.137. The predicted molar refractivity (Wildman–Crippen MR) is 75.8 cm³/mol. The number of nitrogens with zero attached hydrogens (tertiary/aromatic N) is 1. The summed E-state index contributed by atoms with van der Waals surface area (Å²) in [4.78, 5) is 23.6. The first-order valence-electron chi connectivity index (χ1n) is 6.72. The third-order valence-electron chi connectivity index (χ3n) is 3.41. The van der Waals surface area contributed by atoms with Crippen LogP contribution in [0, 0.1) is 0 Å². The topological polar surface area (TPSA) is 77.8 Å². The minimum absolute atomic E-state index is 0.109. The minimum atomic E-state index is -0.943. The summed E-state index contributed by atoms with van der Waals surface area (Å²) in [5.74, 6) is -1.75. The highest BCUT2D eigenvalue weighted by molar-refractivity contribution is 5.87. The third kappa shape index (κ3) is 5.01. The molecule has 1 aromatic rings. The summed E-state index contributed by atoms with van der Waals surface area (Å²) in [7, 11) is 0. The normalized spacial score (nSPS) is 12.3. The van der Waals surface area contributed by atoms with Crippen molar-refractivity contribution < 1.29 is 19.8 Å². The second kappa shape index (κ2) is 7.65. The van der Waals surface area contributed by atoms with Crippen molar-refractivity contribution in [2.24, 2.45) is 0 Å². The largest absolute Gasteiger partial charge is 0.481 e. The molecule has 0 spiro atoms. The molecule has 20 heavy (non-hydrogen) atoms. The van der Waals surface area contributed by atoms with Gasteiger partial charge in [0.1, 0.15) is 0 Å². The van der Waals surface area contributed by atoms with Gasteiger partial charge in [-0.25, -0.2) is 4.79 Å². The van der Waals surface area contributed by atoms with Crippen molar-refractivity contribution in [2.75, 3.05) is 6.54 Å². The summed E-state index contributed by atoms with van der Waals surface area (Å²) in [6.45, 7) is 5.24. The first-order valence-corrected chi connectivity index (χ1v) is 6.72. The zero-order valence-corrected chi connectivity index (χ0v) is 11.9. The second-order valence-corrected chi connectivity index (χ2v) is 4.87. The van der Waals surface area contributed by atoms with Crippen LogP contribution in [0.25, 0.3) is 0 Å². The number of aliphatic carboxylic acids is 1. The van der Waals surface area contributed by atoms with Crippen LogP contribution in [0.3, 0.4) is 0 Å². The van der Waals surface area contributed by atoms with Gasteiger partial charge >= 0.3 is 11.9 Å². The standard InChI is InChI=1S/C15H21NO4/c1-3-11(2)16(9-8-14(17)18)10-12-4-6-13(7-5-12)15(19)20/h4-7,11H,3,8-10H2,1-2H3,(H,17,18)(H,19,20). The lowest BCUT2D eigenvalue weighted by atomic mass is 10.1. The molecule has 0 radical (unpaired) electrons. The number of carbonyl (C=O) groups is 2. The molecule has 1 rings (SSSR count). The molecule has 0 saturated carbocycles. The van der Waals surface area contributed by atoms with E-state index in [0.717, 1.165) is 12.0 Å². The molecule has 0 bridgehead atoms. The van der Waals surface area contributed by atoms with Crippen LogP contribution in [0.15, 0.2) is 24.3 Å². The first kappa shape index (κ1) is 16.2. The molecule has 0 saturated heterocycles. The Morgan fingerprint density at radius 1 is 1.20 bits per heavy atom. The predicted octanol–water partition coefficient (Wildman–Crippen LogP) is 2.46. The van der Waals surface area contributed by atoms with Gasteiger partial charge in [0.05, 0.1) is 12.0 Å². The van der Waals surface area contributed by atoms with E-state index in [-0.39, 0.29) is 18.0 Å². The van der Waals surface area contributed by atoms with E-state index in [1.54, 1.807) is 24.3 Å². The number of hydrogen-bond donors (Lipinski definition) is 2. The number of carboxylic acids is 2. The Hall–Kier alpha value is -1.88. The summed E-state index contributed by atoms with van der Waals surface area (Å²) in [6, 6.07) is 6.99. The average molecular weight is 279 g/mol. The monoisotopic (exact) mass is 279 g/mol. The summed E-state index contributed by atoms with van der Waals surface area (Å²) in [6.07, 6.45) is 1.05. The smallest absolute Gasteiger partial charge is 0.335 e. The summed E-state index contributed by atoms with van der Waals surface area (Å²) in [5, 5.41) is 17.6. The number of hydrogen-bond acceptors (Lipinski definition) is 3. The molecule has 110 valence electrons. The maximum absolute atomic E-state index is 10.8. The molecule has 0 heterocycles. The van der Waals surface area contributed by atoms with E-state index in [1.165, 1.54) is 0 Å². The fourth-order valence-electron chi connectivity index (χ4n) is 1.94. The van der Waals surface area contributed by atoms with Crippen LogP contribution in [0.1, 0.15) is 42.6 Å². The van der Waals surface area contributed by atoms with Crippen LogP contribution in [0.5, 0.6) is 0 Å². The molecule has 1 atom stereocenters. The fourth-order valence-corrected chi connectivity index (χ4v) is 1.94. The number of rotatable bonds is 8. The Bertz CT molecular complexity index is 455. The highest BCUT2D eigenvalue weighted by Crippen LogP contribution is 2.12. The van der Waals surface area contributed by atoms with E-state index in [0.29, 0.717) is 13.1 Å². The van der Waals surface area contributed by atoms with Crippen molar-refractivity contribution in [3.05, 3.63) is 35.4 Å². The van der Waals surface area contributed by atoms with E-state index >= 15 is 0 Å². The Morgan fingerprint density at radius 2 is 1.80 bits per heavy atom. The number of carboxylic acid groups (broad SMARTS) is 2. The molecule has 0 aromatic heterocycles. The van der Waals surface area contributed by atoms with Gasteiger partial charge in [-0.1, -0.05) is 19.1 Å². The summed E-state index contributed by atoms with van der Waals surface area (Å²) >= 11 is 0. The van der Waals surface area contributed by atoms with Gasteiger partial charge in [-0.15, -0.1) is 0 Å². The molecule has 0 fully saturated rings. The van der Waals surface area contributed by atoms with Crippen molar-refractivity contribution in [3.8, 4) is 0 Å². The van der Waals surface area contributed by atoms with Crippen LogP contribution < -0.4 is 0 Å². The van der Waals surface area contributed by atoms with E-state index in [1.807, 2.05) is 0 Å². The highest BCUT2D eigenvalue weighted by atomic mass is 16.4. The Labute approximate surface area is 118 Å². The van der Waals surface area contributed by atoms with Crippen LogP contribution in [-0.2, 0) is 11.3 Å². The number of aromatic carboxylic acids is 1. The molecule has 5 nitrogen and oxygen atoms in total. The van der Waals surface area contributed by atoms with Gasteiger partial charge in [-0.3, -0.25) is 9.69 Å². The number of benzene rings is 1. The van der Waals surface area contributed by atoms with E-state index in [9.17, 15) is 9.59 Å². The molecule has 0 aliphatic rings. The SMILES string of the molecule is CCC(C)N(CCC(=O)O)Cc1ccc(C(=O)O)cc1. The molecule has 2 N–H and O–H groups in total. The maximum atomic E-state index is 10.8. The highest BCUT2D eigenvalue weighted by Gasteiger charge is 2.14. The van der Waals surface area contributed by atoms with E-state index < -0.39 is 11.9 Å². The Morgan fingerprint density at radius 3 is 2.25 bits per heavy atom. The molecule has 1 unspecified atom stereocenters. The first-order chi connectivity index (χ1) is 9.43. The van der Waals surface area contributed by atoms with E-state index in [2.05, 4.69) is 18.7 Å².